The molecule has 6 heteroatoms. The standard InChI is InChI=1S/C17H19N3O3/c21-17(13-7-4-8-13)20-9-10-22-14(11-20)15-18-16(23-19-15)12-5-2-1-3-6-12/h1-3,5-6,13-14H,4,7-11H2/t14-/m0/s1. The second kappa shape index (κ2) is 6.12. The van der Waals surface area contributed by atoms with Crippen LogP contribution in [-0.2, 0) is 9.53 Å². The Morgan fingerprint density at radius 3 is 2.78 bits per heavy atom. The van der Waals surface area contributed by atoms with Gasteiger partial charge in [0.25, 0.3) is 5.89 Å². The lowest BCUT2D eigenvalue weighted by atomic mass is 9.84. The van der Waals surface area contributed by atoms with Crippen LogP contribution in [0.1, 0.15) is 31.2 Å². The van der Waals surface area contributed by atoms with E-state index in [4.69, 9.17) is 9.26 Å². The van der Waals surface area contributed by atoms with E-state index in [9.17, 15) is 4.79 Å². The zero-order valence-corrected chi connectivity index (χ0v) is 12.9. The summed E-state index contributed by atoms with van der Waals surface area (Å²) in [5.74, 6) is 1.44. The first kappa shape index (κ1) is 14.4. The lowest BCUT2D eigenvalue weighted by Gasteiger charge is -2.36. The Labute approximate surface area is 134 Å². The fourth-order valence-corrected chi connectivity index (χ4v) is 2.98. The van der Waals surface area contributed by atoms with Crippen molar-refractivity contribution in [2.24, 2.45) is 5.92 Å². The molecule has 6 nitrogen and oxygen atoms in total. The maximum absolute atomic E-state index is 12.4. The van der Waals surface area contributed by atoms with Gasteiger partial charge < -0.3 is 14.2 Å². The number of benzene rings is 1. The van der Waals surface area contributed by atoms with Crippen molar-refractivity contribution in [1.82, 2.24) is 15.0 Å². The molecule has 1 atom stereocenters. The molecule has 1 saturated carbocycles. The van der Waals surface area contributed by atoms with Crippen LogP contribution in [0.5, 0.6) is 0 Å². The lowest BCUT2D eigenvalue weighted by molar-refractivity contribution is -0.146. The molecule has 23 heavy (non-hydrogen) atoms. The van der Waals surface area contributed by atoms with E-state index in [1.807, 2.05) is 35.2 Å². The van der Waals surface area contributed by atoms with Crippen molar-refractivity contribution in [3.63, 3.8) is 0 Å². The first-order valence-electron chi connectivity index (χ1n) is 8.10. The molecule has 1 aliphatic carbocycles. The Bertz CT molecular complexity index is 681. The average molecular weight is 313 g/mol. The Morgan fingerprint density at radius 1 is 1.22 bits per heavy atom. The molecule has 0 N–H and O–H groups in total. The van der Waals surface area contributed by atoms with E-state index in [2.05, 4.69) is 10.1 Å². The van der Waals surface area contributed by atoms with Crippen LogP contribution in [0.25, 0.3) is 11.5 Å². The molecule has 1 aromatic carbocycles. The number of rotatable bonds is 3. The largest absolute Gasteiger partial charge is 0.366 e. The number of amides is 1. The molecule has 2 heterocycles. The Kier molecular flexibility index (Phi) is 3.83. The number of carbonyl (C=O) groups is 1. The van der Waals surface area contributed by atoms with E-state index in [0.717, 1.165) is 24.8 Å². The van der Waals surface area contributed by atoms with Gasteiger partial charge in [0.15, 0.2) is 0 Å². The van der Waals surface area contributed by atoms with E-state index in [0.29, 0.717) is 31.4 Å². The van der Waals surface area contributed by atoms with Gasteiger partial charge in [0.05, 0.1) is 13.2 Å². The van der Waals surface area contributed by atoms with E-state index < -0.39 is 0 Å². The predicted octanol–water partition coefficient (Wildman–Crippen LogP) is 2.44. The second-order valence-electron chi connectivity index (χ2n) is 6.10. The number of carbonyl (C=O) groups excluding carboxylic acids is 1. The highest BCUT2D eigenvalue weighted by atomic mass is 16.5. The van der Waals surface area contributed by atoms with Crippen molar-refractivity contribution in [3.8, 4) is 11.5 Å². The molecule has 1 aromatic heterocycles. The number of morpholine rings is 1. The number of nitrogens with zero attached hydrogens (tertiary/aromatic N) is 3. The van der Waals surface area contributed by atoms with E-state index in [1.54, 1.807) is 0 Å². The molecule has 0 unspecified atom stereocenters. The smallest absolute Gasteiger partial charge is 0.258 e. The van der Waals surface area contributed by atoms with Crippen molar-refractivity contribution in [3.05, 3.63) is 36.2 Å². The van der Waals surface area contributed by atoms with Gasteiger partial charge in [0, 0.05) is 18.0 Å². The first-order valence-corrected chi connectivity index (χ1v) is 8.10. The maximum atomic E-state index is 12.4. The molecular weight excluding hydrogens is 294 g/mol. The monoisotopic (exact) mass is 313 g/mol. The molecule has 2 aromatic rings. The molecule has 0 spiro atoms. The number of aromatic nitrogens is 2. The van der Waals surface area contributed by atoms with E-state index in [-0.39, 0.29) is 17.9 Å². The summed E-state index contributed by atoms with van der Waals surface area (Å²) < 4.78 is 11.1. The van der Waals surface area contributed by atoms with Crippen LogP contribution in [0.15, 0.2) is 34.9 Å². The SMILES string of the molecule is O=C(C1CCC1)N1CCO[C@H](c2noc(-c3ccccc3)n2)C1. The zero-order chi connectivity index (χ0) is 15.6. The van der Waals surface area contributed by atoms with Gasteiger partial charge >= 0.3 is 0 Å². The van der Waals surface area contributed by atoms with Crippen LogP contribution < -0.4 is 0 Å². The minimum absolute atomic E-state index is 0.207. The van der Waals surface area contributed by atoms with Crippen LogP contribution in [0.2, 0.25) is 0 Å². The highest BCUT2D eigenvalue weighted by molar-refractivity contribution is 5.79. The molecule has 4 rings (SSSR count). The first-order chi connectivity index (χ1) is 11.3. The molecule has 0 bridgehead atoms. The van der Waals surface area contributed by atoms with E-state index >= 15 is 0 Å². The molecule has 0 radical (unpaired) electrons. The highest BCUT2D eigenvalue weighted by Crippen LogP contribution is 2.30. The van der Waals surface area contributed by atoms with Gasteiger partial charge in [-0.05, 0) is 25.0 Å². The summed E-state index contributed by atoms with van der Waals surface area (Å²) in [5, 5.41) is 4.04. The summed E-state index contributed by atoms with van der Waals surface area (Å²) in [6.07, 6.45) is 2.88. The van der Waals surface area contributed by atoms with Gasteiger partial charge in [-0.1, -0.05) is 29.8 Å². The number of hydrogen-bond donors (Lipinski definition) is 0. The molecule has 2 fully saturated rings. The number of hydrogen-bond acceptors (Lipinski definition) is 5. The molecule has 1 aliphatic heterocycles. The average Bonchev–Trinajstić information content (AvgIpc) is 3.04. The summed E-state index contributed by atoms with van der Waals surface area (Å²) in [4.78, 5) is 18.7. The fraction of sp³-hybridized carbons (Fsp3) is 0.471. The summed E-state index contributed by atoms with van der Waals surface area (Å²) in [7, 11) is 0. The van der Waals surface area contributed by atoms with Crippen molar-refractivity contribution in [2.45, 2.75) is 25.4 Å². The maximum Gasteiger partial charge on any atom is 0.258 e. The van der Waals surface area contributed by atoms with Crippen molar-refractivity contribution >= 4 is 5.91 Å². The molecule has 1 amide bonds. The van der Waals surface area contributed by atoms with Gasteiger partial charge in [-0.3, -0.25) is 4.79 Å². The third-order valence-electron chi connectivity index (χ3n) is 4.58. The molecular formula is C17H19N3O3. The Morgan fingerprint density at radius 2 is 2.04 bits per heavy atom. The highest BCUT2D eigenvalue weighted by Gasteiger charge is 2.34. The molecule has 1 saturated heterocycles. The summed E-state index contributed by atoms with van der Waals surface area (Å²) in [5.41, 5.74) is 0.879. The van der Waals surface area contributed by atoms with E-state index in [1.165, 1.54) is 0 Å². The van der Waals surface area contributed by atoms with Gasteiger partial charge in [0.2, 0.25) is 11.7 Å². The predicted molar refractivity (Wildman–Crippen MR) is 82.3 cm³/mol. The van der Waals surface area contributed by atoms with Crippen LogP contribution >= 0.6 is 0 Å². The van der Waals surface area contributed by atoms with Gasteiger partial charge in [-0.15, -0.1) is 0 Å². The van der Waals surface area contributed by atoms with Crippen molar-refractivity contribution < 1.29 is 14.1 Å². The third kappa shape index (κ3) is 2.86. The Hall–Kier alpha value is -2.21. The van der Waals surface area contributed by atoms with Crippen LogP contribution in [0.3, 0.4) is 0 Å². The fourth-order valence-electron chi connectivity index (χ4n) is 2.98. The third-order valence-corrected chi connectivity index (χ3v) is 4.58. The number of ether oxygens (including phenoxy) is 1. The topological polar surface area (TPSA) is 68.5 Å². The van der Waals surface area contributed by atoms with Gasteiger partial charge in [-0.25, -0.2) is 0 Å². The van der Waals surface area contributed by atoms with Crippen LogP contribution in [0.4, 0.5) is 0 Å². The van der Waals surface area contributed by atoms with Crippen molar-refractivity contribution in [1.29, 1.82) is 0 Å². The summed E-state index contributed by atoms with van der Waals surface area (Å²) in [6.45, 7) is 1.66. The second-order valence-corrected chi connectivity index (χ2v) is 6.10. The molecule has 120 valence electrons. The summed E-state index contributed by atoms with van der Waals surface area (Å²) >= 11 is 0. The Balaban J connectivity index is 1.47. The van der Waals surface area contributed by atoms with Crippen LogP contribution in [0, 0.1) is 5.92 Å². The lowest BCUT2D eigenvalue weighted by Crippen LogP contribution is -2.46. The molecule has 2 aliphatic rings. The minimum Gasteiger partial charge on any atom is -0.366 e. The normalized spacial score (nSPS) is 21.9. The van der Waals surface area contributed by atoms with Crippen molar-refractivity contribution in [2.75, 3.05) is 19.7 Å². The minimum atomic E-state index is -0.311. The van der Waals surface area contributed by atoms with Crippen LogP contribution in [-0.4, -0.2) is 40.6 Å². The summed E-state index contributed by atoms with van der Waals surface area (Å²) in [6, 6.07) is 9.64. The zero-order valence-electron chi connectivity index (χ0n) is 12.9. The quantitative estimate of drug-likeness (QED) is 0.870. The van der Waals surface area contributed by atoms with Gasteiger partial charge in [0.1, 0.15) is 6.10 Å². The van der Waals surface area contributed by atoms with Gasteiger partial charge in [-0.2, -0.15) is 4.98 Å².